The fourth-order valence-electron chi connectivity index (χ4n) is 9.91. The molecule has 2 aromatic heterocycles. The molecule has 0 bridgehead atoms. The zero-order chi connectivity index (χ0) is 64.9. The van der Waals surface area contributed by atoms with Crippen molar-refractivity contribution < 1.29 is 30.2 Å². The minimum Gasteiger partial charge on any atom is -0.309 e. The number of fused-ring (bicyclic) bond motifs is 6. The summed E-state index contributed by atoms with van der Waals surface area (Å²) in [5.41, 5.74) is -1.20. The van der Waals surface area contributed by atoms with Crippen LogP contribution in [-0.2, 0) is 0 Å². The Balaban J connectivity index is 1.22. The van der Waals surface area contributed by atoms with Crippen LogP contribution in [0.3, 0.4) is 0 Å². The van der Waals surface area contributed by atoms with E-state index in [9.17, 15) is 15.1 Å². The van der Waals surface area contributed by atoms with Crippen molar-refractivity contribution in [2.75, 3.05) is 0 Å². The third-order valence-corrected chi connectivity index (χ3v) is 17.5. The van der Waals surface area contributed by atoms with Crippen molar-refractivity contribution >= 4 is 72.4 Å². The summed E-state index contributed by atoms with van der Waals surface area (Å²) in [4.78, 5) is 0. The average Bonchev–Trinajstić information content (AvgIpc) is 1.65. The van der Waals surface area contributed by atoms with E-state index in [1.807, 2.05) is 91.0 Å². The molecule has 13 aromatic rings. The molecule has 3 heteroatoms. The molecule has 324 valence electrons. The molecule has 0 unspecified atom stereocenters. The van der Waals surface area contributed by atoms with Gasteiger partial charge in [-0.25, -0.2) is 0 Å². The number of nitrogens with zero attached hydrogens (tertiary/aromatic N) is 2. The number of rotatable bonds is 9. The Kier molecular flexibility index (Phi) is 5.81. The Bertz CT molecular complexity index is 5050. The Labute approximate surface area is 434 Å². The van der Waals surface area contributed by atoms with Gasteiger partial charge in [-0.15, -0.1) is 0 Å². The Hall–Kier alpha value is -8.76. The van der Waals surface area contributed by atoms with Crippen molar-refractivity contribution in [2.45, 2.75) is 0 Å². The molecule has 2 heterocycles. The van der Waals surface area contributed by atoms with Gasteiger partial charge in [-0.3, -0.25) is 0 Å². The van der Waals surface area contributed by atoms with E-state index in [1.165, 1.54) is 6.07 Å². The first-order valence-electron chi connectivity index (χ1n) is 33.0. The van der Waals surface area contributed by atoms with E-state index < -0.39 is 152 Å². The van der Waals surface area contributed by atoms with E-state index in [0.717, 1.165) is 20.1 Å². The number of benzene rings is 11. The van der Waals surface area contributed by atoms with Gasteiger partial charge in [0.25, 0.3) is 0 Å². The molecule has 2 nitrogen and oxygen atoms in total. The maximum absolute atomic E-state index is 10.1. The normalized spacial score (nSPS) is 16.2. The second kappa shape index (κ2) is 16.8. The molecule has 0 aliphatic rings. The maximum atomic E-state index is 10.1. The van der Waals surface area contributed by atoms with Gasteiger partial charge in [0, 0.05) is 38.4 Å². The Morgan fingerprint density at radius 3 is 1.42 bits per heavy atom. The molecule has 13 rings (SSSR count). The number of para-hydroxylation sites is 3. The van der Waals surface area contributed by atoms with Crippen molar-refractivity contribution in [2.24, 2.45) is 0 Å². The molecule has 0 radical (unpaired) electrons. The molecule has 0 amide bonds. The lowest BCUT2D eigenvalue weighted by Crippen LogP contribution is -2.74. The highest BCUT2D eigenvalue weighted by atomic mass is 28.3. The molecule has 0 saturated carbocycles. The van der Waals surface area contributed by atoms with Gasteiger partial charge in [-0.1, -0.05) is 236 Å². The third kappa shape index (κ3) is 6.62. The van der Waals surface area contributed by atoms with Crippen molar-refractivity contribution in [3.8, 4) is 44.8 Å². The van der Waals surface area contributed by atoms with Crippen molar-refractivity contribution in [1.82, 2.24) is 9.13 Å². The third-order valence-electron chi connectivity index (χ3n) is 12.8. The van der Waals surface area contributed by atoms with Crippen LogP contribution in [0.15, 0.2) is 279 Å². The molecular weight excluding hydrogens is 849 g/mol. The summed E-state index contributed by atoms with van der Waals surface area (Å²) >= 11 is 0. The molecule has 0 N–H and O–H groups in total. The Morgan fingerprint density at radius 1 is 0.304 bits per heavy atom. The average molecular weight is 917 g/mol. The highest BCUT2D eigenvalue weighted by molar-refractivity contribution is 7.20. The molecular formula is C66H46N2Si. The van der Waals surface area contributed by atoms with Gasteiger partial charge in [0.1, 0.15) is 0 Å². The molecule has 0 fully saturated rings. The fourth-order valence-corrected chi connectivity index (χ4v) is 14.7. The van der Waals surface area contributed by atoms with Gasteiger partial charge in [0.2, 0.25) is 0 Å². The lowest BCUT2D eigenvalue weighted by atomic mass is 9.95. The van der Waals surface area contributed by atoms with Crippen molar-refractivity contribution in [3.05, 3.63) is 279 Å². The summed E-state index contributed by atoms with van der Waals surface area (Å²) in [6, 6.07) is 29.4. The van der Waals surface area contributed by atoms with Crippen LogP contribution in [-0.4, -0.2) is 17.2 Å². The molecule has 0 atom stereocenters. The lowest BCUT2D eigenvalue weighted by Gasteiger charge is -2.36. The molecule has 0 aliphatic carbocycles. The van der Waals surface area contributed by atoms with Crippen LogP contribution >= 0.6 is 0 Å². The fraction of sp³-hybridized carbons (Fsp3) is 0. The predicted octanol–water partition coefficient (Wildman–Crippen LogP) is 14.3. The van der Waals surface area contributed by atoms with Gasteiger partial charge < -0.3 is 9.13 Å². The van der Waals surface area contributed by atoms with Crippen LogP contribution in [0, 0.1) is 0 Å². The van der Waals surface area contributed by atoms with Crippen LogP contribution in [0.25, 0.3) is 88.4 Å². The van der Waals surface area contributed by atoms with Gasteiger partial charge in [0.15, 0.2) is 8.07 Å². The van der Waals surface area contributed by atoms with Crippen LogP contribution in [0.5, 0.6) is 0 Å². The summed E-state index contributed by atoms with van der Waals surface area (Å²) in [6.07, 6.45) is 0. The smallest absolute Gasteiger partial charge is 0.179 e. The minimum atomic E-state index is -3.79. The van der Waals surface area contributed by atoms with Crippen LogP contribution in [0.1, 0.15) is 30.2 Å². The predicted molar refractivity (Wildman–Crippen MR) is 295 cm³/mol. The zero-order valence-electron chi connectivity index (χ0n) is 58.3. The monoisotopic (exact) mass is 916 g/mol. The highest BCUT2D eigenvalue weighted by Crippen LogP contribution is 2.43. The van der Waals surface area contributed by atoms with E-state index in [4.69, 9.17) is 15.1 Å². The molecule has 69 heavy (non-hydrogen) atoms. The number of aromatic nitrogens is 2. The molecule has 0 saturated heterocycles. The first-order valence-corrected chi connectivity index (χ1v) is 24.0. The minimum absolute atomic E-state index is 0.0172. The molecule has 11 aromatic carbocycles. The van der Waals surface area contributed by atoms with E-state index in [-0.39, 0.29) is 55.4 Å². The second-order valence-electron chi connectivity index (χ2n) is 16.4. The SMILES string of the molecule is [2H]c1c([2H])c([2H])c(-c2cc([Si](c3ccccc3)(c3ccccc3)c3ccccc3)cc(-c3c([2H])c([2H])c([2H])c([2H])c3[2H])c2-n2c3ccccc3c3cc(-c4c([2H])c([2H])c5c6c([2H])c([2H])c([2H])c([2H])c6n(-c6c([2H])c([2H])c([2H])c([2H])c6[2H])c5c4[2H])ccc32)c([2H])c1[2H]. The van der Waals surface area contributed by atoms with E-state index >= 15 is 0 Å². The lowest BCUT2D eigenvalue weighted by molar-refractivity contribution is 1.18. The van der Waals surface area contributed by atoms with Gasteiger partial charge >= 0.3 is 0 Å². The first kappa shape index (κ1) is 23.8. The van der Waals surface area contributed by atoms with Crippen LogP contribution in [0.4, 0.5) is 0 Å². The van der Waals surface area contributed by atoms with E-state index in [1.54, 1.807) is 53.1 Å². The van der Waals surface area contributed by atoms with Crippen molar-refractivity contribution in [3.63, 3.8) is 0 Å². The van der Waals surface area contributed by atoms with Crippen LogP contribution in [0.2, 0.25) is 0 Å². The van der Waals surface area contributed by atoms with Crippen LogP contribution < -0.4 is 20.7 Å². The number of hydrogen-bond donors (Lipinski definition) is 0. The Morgan fingerprint density at radius 2 is 0.812 bits per heavy atom. The summed E-state index contributed by atoms with van der Waals surface area (Å²) in [5, 5.41) is 3.29. The summed E-state index contributed by atoms with van der Waals surface area (Å²) in [6.45, 7) is 0. The topological polar surface area (TPSA) is 9.86 Å². The van der Waals surface area contributed by atoms with Gasteiger partial charge in [0.05, 0.1) is 57.9 Å². The highest BCUT2D eigenvalue weighted by Gasteiger charge is 2.42. The maximum Gasteiger partial charge on any atom is 0.179 e. The molecule has 0 spiro atoms. The zero-order valence-corrected chi connectivity index (χ0v) is 37.3. The van der Waals surface area contributed by atoms with Gasteiger partial charge in [-0.05, 0) is 85.4 Å². The summed E-state index contributed by atoms with van der Waals surface area (Å²) in [5.74, 6) is 0. The van der Waals surface area contributed by atoms with Gasteiger partial charge in [-0.2, -0.15) is 0 Å². The number of hydrogen-bond acceptors (Lipinski definition) is 0. The standard InChI is InChI=1S/C66H46N2Si/c1-7-23-47(24-8-1)59-45-55(69(52-29-13-4-14-30-52,53-31-15-5-16-32-53)54-33-17-6-18-34-54)46-60(48-25-9-2-10-26-48)66(59)68-63-38-22-20-36-57(63)61-43-49(40-42-64(61)68)50-39-41-58-56-35-19-21-37-62(56)67(65(58)44-50)51-27-11-3-12-28-51/h1-46H/i1D,2D,3D,7D,8D,9D,10D,11D,12D,19D,21D,23D,24D,25D,26D,27D,28D,35D,37D,39D,41D,44D. The second-order valence-corrected chi connectivity index (χ2v) is 20.2. The molecule has 0 aliphatic heterocycles. The van der Waals surface area contributed by atoms with Crippen molar-refractivity contribution in [1.29, 1.82) is 0 Å². The quantitative estimate of drug-likeness (QED) is 0.101. The summed E-state index contributed by atoms with van der Waals surface area (Å²) < 4.78 is 205. The first-order chi connectivity index (χ1) is 43.4. The van der Waals surface area contributed by atoms with E-state index in [0.29, 0.717) is 27.0 Å². The van der Waals surface area contributed by atoms with E-state index in [2.05, 4.69) is 0 Å². The summed E-state index contributed by atoms with van der Waals surface area (Å²) in [7, 11) is -3.79. The largest absolute Gasteiger partial charge is 0.309 e.